The highest BCUT2D eigenvalue weighted by atomic mass is 79.9. The normalized spacial score (nSPS) is 18.6. The van der Waals surface area contributed by atoms with E-state index in [4.69, 9.17) is 5.11 Å². The smallest absolute Gasteiger partial charge is 0.316 e. The van der Waals surface area contributed by atoms with Gasteiger partial charge in [-0.25, -0.2) is 0 Å². The minimum Gasteiger partial charge on any atom is -0.481 e. The summed E-state index contributed by atoms with van der Waals surface area (Å²) in [5.41, 5.74) is 1.39. The van der Waals surface area contributed by atoms with Crippen molar-refractivity contribution in [1.82, 2.24) is 4.57 Å². The number of aromatic nitrogens is 1. The Morgan fingerprint density at radius 2 is 2.18 bits per heavy atom. The molecule has 0 bridgehead atoms. The van der Waals surface area contributed by atoms with Crippen molar-refractivity contribution in [2.45, 2.75) is 6.54 Å². The molecule has 0 saturated carbocycles. The number of hydrogen-bond acceptors (Lipinski definition) is 2. The molecule has 0 amide bonds. The summed E-state index contributed by atoms with van der Waals surface area (Å²) in [5.74, 6) is -2.29. The second kappa shape index (κ2) is 3.43. The molecular weight excluding hydrogens is 286 g/mol. The number of carboxylic acids is 1. The maximum absolute atomic E-state index is 11.9. The molecule has 2 heterocycles. The molecule has 1 aliphatic heterocycles. The Balaban J connectivity index is 2.20. The van der Waals surface area contributed by atoms with E-state index in [1.165, 1.54) is 0 Å². The average molecular weight is 294 g/mol. The van der Waals surface area contributed by atoms with Crippen molar-refractivity contribution in [3.8, 4) is 0 Å². The van der Waals surface area contributed by atoms with E-state index in [0.29, 0.717) is 5.69 Å². The lowest BCUT2D eigenvalue weighted by Crippen LogP contribution is -2.20. The Morgan fingerprint density at radius 1 is 1.41 bits per heavy atom. The molecule has 17 heavy (non-hydrogen) atoms. The van der Waals surface area contributed by atoms with Gasteiger partial charge in [0.1, 0.15) is 5.92 Å². The Bertz CT molecular complexity index is 659. The molecule has 1 atom stereocenters. The van der Waals surface area contributed by atoms with Crippen LogP contribution in [0, 0.1) is 5.92 Å². The molecule has 1 unspecified atom stereocenters. The van der Waals surface area contributed by atoms with Crippen LogP contribution in [0.1, 0.15) is 10.5 Å². The van der Waals surface area contributed by atoms with Crippen LogP contribution in [0.5, 0.6) is 0 Å². The molecule has 1 aromatic heterocycles. The molecule has 4 nitrogen and oxygen atoms in total. The van der Waals surface area contributed by atoms with Gasteiger partial charge in [0.05, 0.1) is 5.69 Å². The van der Waals surface area contributed by atoms with Crippen LogP contribution in [0.4, 0.5) is 0 Å². The largest absolute Gasteiger partial charge is 0.481 e. The van der Waals surface area contributed by atoms with Crippen molar-refractivity contribution >= 4 is 38.6 Å². The van der Waals surface area contributed by atoms with Crippen LogP contribution in [0.3, 0.4) is 0 Å². The lowest BCUT2D eigenvalue weighted by Gasteiger charge is -2.02. The summed E-state index contributed by atoms with van der Waals surface area (Å²) in [6.07, 6.45) is 0. The fourth-order valence-corrected chi connectivity index (χ4v) is 2.66. The summed E-state index contributed by atoms with van der Waals surface area (Å²) in [7, 11) is 0. The number of carbonyl (C=O) groups is 2. The second-order valence-electron chi connectivity index (χ2n) is 4.10. The van der Waals surface area contributed by atoms with E-state index >= 15 is 0 Å². The number of hydrogen-bond donors (Lipinski definition) is 1. The zero-order chi connectivity index (χ0) is 12.2. The summed E-state index contributed by atoms with van der Waals surface area (Å²) in [5, 5.41) is 9.90. The van der Waals surface area contributed by atoms with Crippen LogP contribution in [0.15, 0.2) is 28.7 Å². The molecule has 0 radical (unpaired) electrons. The van der Waals surface area contributed by atoms with Crippen LogP contribution in [-0.4, -0.2) is 21.4 Å². The third-order valence-electron chi connectivity index (χ3n) is 3.10. The Hall–Kier alpha value is -1.62. The van der Waals surface area contributed by atoms with E-state index in [-0.39, 0.29) is 12.3 Å². The number of carboxylic acid groups (broad SMARTS) is 1. The monoisotopic (exact) mass is 293 g/mol. The minimum atomic E-state index is -1.05. The van der Waals surface area contributed by atoms with Gasteiger partial charge in [-0.3, -0.25) is 9.59 Å². The van der Waals surface area contributed by atoms with Gasteiger partial charge >= 0.3 is 5.97 Å². The van der Waals surface area contributed by atoms with E-state index in [1.807, 2.05) is 18.2 Å². The highest BCUT2D eigenvalue weighted by Crippen LogP contribution is 2.30. The molecular formula is C12H8BrNO3. The van der Waals surface area contributed by atoms with Gasteiger partial charge < -0.3 is 9.67 Å². The number of benzene rings is 1. The van der Waals surface area contributed by atoms with E-state index in [1.54, 1.807) is 10.6 Å². The van der Waals surface area contributed by atoms with E-state index in [9.17, 15) is 9.59 Å². The molecule has 5 heteroatoms. The van der Waals surface area contributed by atoms with Crippen molar-refractivity contribution in [3.05, 3.63) is 34.4 Å². The first kappa shape index (κ1) is 10.5. The van der Waals surface area contributed by atoms with E-state index in [2.05, 4.69) is 15.9 Å². The zero-order valence-electron chi connectivity index (χ0n) is 8.68. The number of rotatable bonds is 1. The van der Waals surface area contributed by atoms with Gasteiger partial charge in [0, 0.05) is 21.9 Å². The maximum atomic E-state index is 11.9. The molecule has 0 aliphatic carbocycles. The number of Topliss-reactive ketones (excluding diaryl/α,β-unsaturated/α-hetero) is 1. The van der Waals surface area contributed by atoms with Crippen molar-refractivity contribution in [2.24, 2.45) is 5.92 Å². The quantitative estimate of drug-likeness (QED) is 0.821. The summed E-state index contributed by atoms with van der Waals surface area (Å²) < 4.78 is 2.72. The average Bonchev–Trinajstić information content (AvgIpc) is 2.76. The van der Waals surface area contributed by atoms with Gasteiger partial charge in [0.2, 0.25) is 0 Å². The van der Waals surface area contributed by atoms with Crippen molar-refractivity contribution in [2.75, 3.05) is 0 Å². The molecule has 3 rings (SSSR count). The van der Waals surface area contributed by atoms with Gasteiger partial charge in [-0.1, -0.05) is 15.9 Å². The van der Waals surface area contributed by atoms with Gasteiger partial charge in [-0.15, -0.1) is 0 Å². The van der Waals surface area contributed by atoms with Crippen molar-refractivity contribution < 1.29 is 14.7 Å². The van der Waals surface area contributed by atoms with Crippen LogP contribution in [0.2, 0.25) is 0 Å². The van der Waals surface area contributed by atoms with Crippen molar-refractivity contribution in [3.63, 3.8) is 0 Å². The van der Waals surface area contributed by atoms with Gasteiger partial charge in [-0.05, 0) is 24.3 Å². The topological polar surface area (TPSA) is 59.3 Å². The Labute approximate surface area is 105 Å². The Morgan fingerprint density at radius 3 is 2.88 bits per heavy atom. The Kier molecular flexibility index (Phi) is 2.13. The lowest BCUT2D eigenvalue weighted by atomic mass is 10.1. The highest BCUT2D eigenvalue weighted by Gasteiger charge is 2.37. The fraction of sp³-hybridized carbons (Fsp3) is 0.167. The summed E-state index contributed by atoms with van der Waals surface area (Å²) in [6, 6.07) is 7.45. The third kappa shape index (κ3) is 1.42. The predicted molar refractivity (Wildman–Crippen MR) is 65.1 cm³/mol. The summed E-state index contributed by atoms with van der Waals surface area (Å²) in [6.45, 7) is 0.231. The first-order valence-corrected chi connectivity index (χ1v) is 5.93. The first-order chi connectivity index (χ1) is 8.08. The standard InChI is InChI=1S/C12H8BrNO3/c13-7-1-2-9-6(3-7)4-10-11(15)8(12(16)17)5-14(9)10/h1-4,8H,5H2,(H,16,17). The van der Waals surface area contributed by atoms with Crippen LogP contribution >= 0.6 is 15.9 Å². The van der Waals surface area contributed by atoms with Crippen LogP contribution in [-0.2, 0) is 11.3 Å². The molecule has 1 N–H and O–H groups in total. The number of ketones is 1. The zero-order valence-corrected chi connectivity index (χ0v) is 10.3. The number of carbonyl (C=O) groups excluding carboxylic acids is 1. The molecule has 1 aromatic carbocycles. The lowest BCUT2D eigenvalue weighted by molar-refractivity contribution is -0.140. The van der Waals surface area contributed by atoms with Gasteiger partial charge in [0.15, 0.2) is 5.78 Å². The van der Waals surface area contributed by atoms with Crippen LogP contribution in [0.25, 0.3) is 10.9 Å². The van der Waals surface area contributed by atoms with E-state index < -0.39 is 11.9 Å². The molecule has 0 fully saturated rings. The van der Waals surface area contributed by atoms with Crippen molar-refractivity contribution in [1.29, 1.82) is 0 Å². The van der Waals surface area contributed by atoms with E-state index in [0.717, 1.165) is 15.4 Å². The summed E-state index contributed by atoms with van der Waals surface area (Å²) in [4.78, 5) is 22.8. The first-order valence-electron chi connectivity index (χ1n) is 5.14. The number of nitrogens with zero attached hydrogens (tertiary/aromatic N) is 1. The van der Waals surface area contributed by atoms with Gasteiger partial charge in [0.25, 0.3) is 0 Å². The fourth-order valence-electron chi connectivity index (χ4n) is 2.28. The number of aliphatic carboxylic acids is 1. The predicted octanol–water partition coefficient (Wildman–Crippen LogP) is 2.30. The number of halogens is 1. The van der Waals surface area contributed by atoms with Gasteiger partial charge in [-0.2, -0.15) is 0 Å². The summed E-state index contributed by atoms with van der Waals surface area (Å²) >= 11 is 3.37. The molecule has 0 saturated heterocycles. The molecule has 1 aliphatic rings. The maximum Gasteiger partial charge on any atom is 0.316 e. The van der Waals surface area contributed by atoms with Crippen LogP contribution < -0.4 is 0 Å². The third-order valence-corrected chi connectivity index (χ3v) is 3.59. The molecule has 86 valence electrons. The molecule has 0 spiro atoms. The SMILES string of the molecule is O=C(O)C1Cn2c(cc3cc(Br)ccc32)C1=O. The number of fused-ring (bicyclic) bond motifs is 3. The highest BCUT2D eigenvalue weighted by molar-refractivity contribution is 9.10. The molecule has 2 aromatic rings. The second-order valence-corrected chi connectivity index (χ2v) is 5.01. The minimum absolute atomic E-state index is 0.231.